The van der Waals surface area contributed by atoms with Crippen LogP contribution in [0.25, 0.3) is 0 Å². The first-order chi connectivity index (χ1) is 10.7. The van der Waals surface area contributed by atoms with Gasteiger partial charge in [0.15, 0.2) is 0 Å². The summed E-state index contributed by atoms with van der Waals surface area (Å²) in [7, 11) is 0. The Morgan fingerprint density at radius 3 is 2.48 bits per heavy atom. The van der Waals surface area contributed by atoms with Gasteiger partial charge in [-0.05, 0) is 80.6 Å². The molecule has 1 aromatic rings. The van der Waals surface area contributed by atoms with Crippen molar-refractivity contribution in [1.29, 1.82) is 0 Å². The number of anilines is 1. The molecule has 1 atom stereocenters. The summed E-state index contributed by atoms with van der Waals surface area (Å²) in [4.78, 5) is 11.8. The second-order valence-electron chi connectivity index (χ2n) is 7.92. The van der Waals surface area contributed by atoms with Crippen LogP contribution in [-0.2, 0) is 0 Å². The Hall–Kier alpha value is -0.650. The first-order valence-corrected chi connectivity index (χ1v) is 8.97. The van der Waals surface area contributed by atoms with Gasteiger partial charge >= 0.3 is 0 Å². The lowest BCUT2D eigenvalue weighted by Gasteiger charge is -2.38. The van der Waals surface area contributed by atoms with Gasteiger partial charge in [0, 0.05) is 12.1 Å². The summed E-state index contributed by atoms with van der Waals surface area (Å²) in [5.74, 6) is 1.23. The number of rotatable bonds is 6. The predicted octanol–water partition coefficient (Wildman–Crippen LogP) is 4.17. The molecular weight excluding hydrogens is 333 g/mol. The van der Waals surface area contributed by atoms with Crippen LogP contribution in [0, 0.1) is 11.3 Å². The molecule has 0 saturated carbocycles. The van der Waals surface area contributed by atoms with Gasteiger partial charge in [-0.25, -0.2) is 0 Å². The summed E-state index contributed by atoms with van der Waals surface area (Å²) in [6, 6.07) is 0. The molecule has 5 nitrogen and oxygen atoms in total. The van der Waals surface area contributed by atoms with Gasteiger partial charge in [-0.1, -0.05) is 13.8 Å². The Morgan fingerprint density at radius 1 is 1.22 bits per heavy atom. The van der Waals surface area contributed by atoms with Crippen LogP contribution in [0.5, 0.6) is 0 Å². The Kier molecular flexibility index (Phi) is 6.09. The average molecular weight is 360 g/mol. The smallest absolute Gasteiger partial charge is 0.228 e. The molecule has 23 heavy (non-hydrogen) atoms. The molecule has 0 aliphatic carbocycles. The van der Waals surface area contributed by atoms with Crippen molar-refractivity contribution < 1.29 is 0 Å². The fourth-order valence-electron chi connectivity index (χ4n) is 3.16. The van der Waals surface area contributed by atoms with Crippen molar-refractivity contribution in [2.45, 2.75) is 58.9 Å². The summed E-state index contributed by atoms with van der Waals surface area (Å²) in [5, 5.41) is 7.04. The van der Waals surface area contributed by atoms with E-state index in [1.165, 1.54) is 19.3 Å². The third-order valence-electron chi connectivity index (χ3n) is 4.49. The summed E-state index contributed by atoms with van der Waals surface area (Å²) >= 11 is 11.6. The van der Waals surface area contributed by atoms with Gasteiger partial charge in [0.25, 0.3) is 0 Å². The van der Waals surface area contributed by atoms with E-state index in [1.54, 1.807) is 0 Å². The molecular formula is C16H27Cl2N5. The van der Waals surface area contributed by atoms with E-state index in [-0.39, 0.29) is 21.5 Å². The predicted molar refractivity (Wildman–Crippen MR) is 96.2 cm³/mol. The van der Waals surface area contributed by atoms with Crippen molar-refractivity contribution in [3.63, 3.8) is 0 Å². The Morgan fingerprint density at radius 2 is 1.87 bits per heavy atom. The summed E-state index contributed by atoms with van der Waals surface area (Å²) in [6.07, 6.45) is 4.92. The Labute approximate surface area is 149 Å². The second-order valence-corrected chi connectivity index (χ2v) is 8.60. The highest BCUT2D eigenvalue weighted by molar-refractivity contribution is 6.31. The molecule has 1 fully saturated rings. The molecule has 0 bridgehead atoms. The van der Waals surface area contributed by atoms with Crippen molar-refractivity contribution in [3.05, 3.63) is 10.6 Å². The molecule has 2 N–H and O–H groups in total. The number of halogens is 2. The quantitative estimate of drug-likeness (QED) is 0.797. The number of piperidine rings is 1. The molecule has 2 heterocycles. The van der Waals surface area contributed by atoms with Gasteiger partial charge in [0.2, 0.25) is 16.5 Å². The molecule has 0 aromatic carbocycles. The van der Waals surface area contributed by atoms with Crippen LogP contribution in [0.4, 0.5) is 5.95 Å². The SMILES string of the molecule is CC(C)(CCC1CCNC(C)(C)C1)CNc1nc(Cl)nc(Cl)n1. The van der Waals surface area contributed by atoms with Crippen LogP contribution in [0.1, 0.15) is 53.4 Å². The maximum Gasteiger partial charge on any atom is 0.228 e. The average Bonchev–Trinajstić information content (AvgIpc) is 2.41. The zero-order valence-electron chi connectivity index (χ0n) is 14.4. The van der Waals surface area contributed by atoms with Crippen molar-refractivity contribution >= 4 is 29.2 Å². The molecule has 7 heteroatoms. The Bertz CT molecular complexity index is 513. The van der Waals surface area contributed by atoms with Crippen molar-refractivity contribution in [2.24, 2.45) is 11.3 Å². The van der Waals surface area contributed by atoms with Crippen molar-refractivity contribution in [3.8, 4) is 0 Å². The van der Waals surface area contributed by atoms with E-state index < -0.39 is 0 Å². The van der Waals surface area contributed by atoms with E-state index in [2.05, 4.69) is 53.3 Å². The number of nitrogens with one attached hydrogen (secondary N) is 2. The minimum Gasteiger partial charge on any atom is -0.354 e. The van der Waals surface area contributed by atoms with E-state index in [0.29, 0.717) is 5.95 Å². The molecule has 1 aliphatic rings. The highest BCUT2D eigenvalue weighted by Gasteiger charge is 2.29. The molecule has 1 aromatic heterocycles. The first kappa shape index (κ1) is 18.7. The van der Waals surface area contributed by atoms with Crippen LogP contribution >= 0.6 is 23.2 Å². The van der Waals surface area contributed by atoms with Crippen LogP contribution < -0.4 is 10.6 Å². The molecule has 0 amide bonds. The molecule has 130 valence electrons. The highest BCUT2D eigenvalue weighted by atomic mass is 35.5. The van der Waals surface area contributed by atoms with Crippen LogP contribution in [-0.4, -0.2) is 33.6 Å². The molecule has 1 aliphatic heterocycles. The highest BCUT2D eigenvalue weighted by Crippen LogP contribution is 2.32. The summed E-state index contributed by atoms with van der Waals surface area (Å²) in [6.45, 7) is 11.0. The fraction of sp³-hybridized carbons (Fsp3) is 0.812. The second kappa shape index (κ2) is 7.49. The monoisotopic (exact) mass is 359 g/mol. The third-order valence-corrected chi connectivity index (χ3v) is 4.83. The normalized spacial score (nSPS) is 21.2. The maximum atomic E-state index is 5.80. The lowest BCUT2D eigenvalue weighted by molar-refractivity contribution is 0.199. The molecule has 1 saturated heterocycles. The number of hydrogen-bond donors (Lipinski definition) is 2. The van der Waals surface area contributed by atoms with Crippen LogP contribution in [0.3, 0.4) is 0 Å². The minimum atomic E-state index is 0.113. The van der Waals surface area contributed by atoms with Gasteiger partial charge < -0.3 is 10.6 Å². The largest absolute Gasteiger partial charge is 0.354 e. The fourth-order valence-corrected chi connectivity index (χ4v) is 3.53. The lowest BCUT2D eigenvalue weighted by atomic mass is 9.78. The summed E-state index contributed by atoms with van der Waals surface area (Å²) < 4.78 is 0. The molecule has 0 radical (unpaired) electrons. The van der Waals surface area contributed by atoms with E-state index in [9.17, 15) is 0 Å². The van der Waals surface area contributed by atoms with Crippen molar-refractivity contribution in [2.75, 3.05) is 18.4 Å². The standard InChI is InChI=1S/C16H27Cl2N5/c1-15(2,7-5-11-6-8-20-16(3,4)9-11)10-19-14-22-12(17)21-13(18)23-14/h11,20H,5-10H2,1-4H3,(H,19,21,22,23). The van der Waals surface area contributed by atoms with Gasteiger partial charge in [0.1, 0.15) is 0 Å². The molecule has 0 spiro atoms. The van der Waals surface area contributed by atoms with Crippen LogP contribution in [0.2, 0.25) is 10.6 Å². The van der Waals surface area contributed by atoms with Gasteiger partial charge in [-0.3, -0.25) is 0 Å². The Balaban J connectivity index is 1.82. The van der Waals surface area contributed by atoms with Gasteiger partial charge in [-0.15, -0.1) is 0 Å². The zero-order chi connectivity index (χ0) is 17.1. The number of nitrogens with zero attached hydrogens (tertiary/aromatic N) is 3. The minimum absolute atomic E-state index is 0.113. The van der Waals surface area contributed by atoms with E-state index >= 15 is 0 Å². The third kappa shape index (κ3) is 6.40. The maximum absolute atomic E-state index is 5.80. The van der Waals surface area contributed by atoms with Crippen LogP contribution in [0.15, 0.2) is 0 Å². The van der Waals surface area contributed by atoms with Crippen molar-refractivity contribution in [1.82, 2.24) is 20.3 Å². The van der Waals surface area contributed by atoms with E-state index in [4.69, 9.17) is 23.2 Å². The first-order valence-electron chi connectivity index (χ1n) is 8.21. The lowest BCUT2D eigenvalue weighted by Crippen LogP contribution is -2.46. The molecule has 2 rings (SSSR count). The topological polar surface area (TPSA) is 62.7 Å². The molecule has 1 unspecified atom stereocenters. The summed E-state index contributed by atoms with van der Waals surface area (Å²) in [5.41, 5.74) is 0.421. The van der Waals surface area contributed by atoms with E-state index in [1.807, 2.05) is 0 Å². The number of aromatic nitrogens is 3. The zero-order valence-corrected chi connectivity index (χ0v) is 15.9. The van der Waals surface area contributed by atoms with E-state index in [0.717, 1.165) is 25.4 Å². The number of hydrogen-bond acceptors (Lipinski definition) is 5. The van der Waals surface area contributed by atoms with Gasteiger partial charge in [0.05, 0.1) is 0 Å². The van der Waals surface area contributed by atoms with Gasteiger partial charge in [-0.2, -0.15) is 15.0 Å².